The number of ether oxygens (including phenoxy) is 2. The van der Waals surface area contributed by atoms with Crippen LogP contribution >= 0.6 is 0 Å². The molecular formula is C29H35N7O4. The summed E-state index contributed by atoms with van der Waals surface area (Å²) in [5.74, 6) is 0.680. The third-order valence-electron chi connectivity index (χ3n) is 7.27. The molecule has 0 unspecified atom stereocenters. The highest BCUT2D eigenvalue weighted by molar-refractivity contribution is 6.09. The molecule has 1 saturated heterocycles. The quantitative estimate of drug-likeness (QED) is 0.329. The van der Waals surface area contributed by atoms with E-state index >= 15 is 0 Å². The van der Waals surface area contributed by atoms with Gasteiger partial charge in [0.25, 0.3) is 5.91 Å². The van der Waals surface area contributed by atoms with E-state index < -0.39 is 5.60 Å². The Labute approximate surface area is 232 Å². The first-order valence-electron chi connectivity index (χ1n) is 13.9. The minimum atomic E-state index is -0.478. The van der Waals surface area contributed by atoms with Crippen LogP contribution < -0.4 is 10.1 Å². The van der Waals surface area contributed by atoms with Crippen molar-refractivity contribution in [1.82, 2.24) is 29.3 Å². The summed E-state index contributed by atoms with van der Waals surface area (Å²) in [7, 11) is 0. The summed E-state index contributed by atoms with van der Waals surface area (Å²) >= 11 is 0. The van der Waals surface area contributed by atoms with Gasteiger partial charge in [0.05, 0.1) is 36.6 Å². The molecule has 1 amide bonds. The van der Waals surface area contributed by atoms with E-state index in [1.165, 1.54) is 19.0 Å². The lowest BCUT2D eigenvalue weighted by molar-refractivity contribution is -0.156. The van der Waals surface area contributed by atoms with Crippen molar-refractivity contribution in [1.29, 1.82) is 0 Å². The Morgan fingerprint density at radius 1 is 1.12 bits per heavy atom. The van der Waals surface area contributed by atoms with Crippen molar-refractivity contribution in [3.8, 4) is 5.75 Å². The van der Waals surface area contributed by atoms with Crippen molar-refractivity contribution >= 4 is 34.1 Å². The van der Waals surface area contributed by atoms with Crippen LogP contribution in [0.1, 0.15) is 62.9 Å². The van der Waals surface area contributed by atoms with Gasteiger partial charge in [-0.25, -0.2) is 9.50 Å². The largest absolute Gasteiger partial charge is 0.491 e. The third kappa shape index (κ3) is 5.94. The van der Waals surface area contributed by atoms with Gasteiger partial charge < -0.3 is 14.8 Å². The Hall–Kier alpha value is -3.99. The first-order chi connectivity index (χ1) is 19.2. The number of esters is 1. The second-order valence-electron chi connectivity index (χ2n) is 11.8. The molecule has 210 valence electrons. The van der Waals surface area contributed by atoms with E-state index in [9.17, 15) is 9.59 Å². The van der Waals surface area contributed by atoms with Crippen molar-refractivity contribution in [3.63, 3.8) is 0 Å². The van der Waals surface area contributed by atoms with Gasteiger partial charge in [0.1, 0.15) is 16.9 Å². The molecule has 2 aliphatic rings. The zero-order valence-corrected chi connectivity index (χ0v) is 23.2. The number of aromatic nitrogens is 5. The number of likely N-dealkylation sites (tertiary alicyclic amines) is 1. The summed E-state index contributed by atoms with van der Waals surface area (Å²) in [6.07, 6.45) is 11.0. The minimum Gasteiger partial charge on any atom is -0.491 e. The molecule has 1 aliphatic carbocycles. The summed E-state index contributed by atoms with van der Waals surface area (Å²) < 4.78 is 15.2. The second kappa shape index (κ2) is 10.5. The van der Waals surface area contributed by atoms with Gasteiger partial charge in [-0.05, 0) is 64.5 Å². The van der Waals surface area contributed by atoms with Crippen LogP contribution in [0.3, 0.4) is 0 Å². The minimum absolute atomic E-state index is 0.191. The summed E-state index contributed by atoms with van der Waals surface area (Å²) in [6, 6.07) is 5.83. The first-order valence-corrected chi connectivity index (χ1v) is 13.9. The molecule has 11 nitrogen and oxygen atoms in total. The lowest BCUT2D eigenvalue weighted by Crippen LogP contribution is -2.40. The topological polar surface area (TPSA) is 116 Å². The van der Waals surface area contributed by atoms with Crippen LogP contribution in [0.2, 0.25) is 0 Å². The van der Waals surface area contributed by atoms with Crippen LogP contribution in [0.25, 0.3) is 16.6 Å². The number of hydrogen-bond acceptors (Lipinski definition) is 8. The Bertz CT molecular complexity index is 1540. The van der Waals surface area contributed by atoms with Gasteiger partial charge in [-0.1, -0.05) is 0 Å². The fourth-order valence-corrected chi connectivity index (χ4v) is 5.04. The lowest BCUT2D eigenvalue weighted by atomic mass is 10.1. The monoisotopic (exact) mass is 545 g/mol. The number of rotatable bonds is 8. The maximum absolute atomic E-state index is 13.2. The van der Waals surface area contributed by atoms with Gasteiger partial charge in [0, 0.05) is 43.1 Å². The highest BCUT2D eigenvalue weighted by atomic mass is 16.6. The van der Waals surface area contributed by atoms with Crippen LogP contribution in [-0.2, 0) is 9.53 Å². The van der Waals surface area contributed by atoms with E-state index in [0.29, 0.717) is 41.7 Å². The fraction of sp³-hybridized carbons (Fsp3) is 0.483. The highest BCUT2D eigenvalue weighted by Crippen LogP contribution is 2.35. The SMILES string of the molecule is CC(C)(C)OC(=O)CN1CCC(n2cc3cc(NC(=O)c4cnn5cccnc45)c(OCC4CC4)cc3n2)CC1. The van der Waals surface area contributed by atoms with Gasteiger partial charge in [0.2, 0.25) is 0 Å². The molecule has 1 aromatic carbocycles. The average molecular weight is 546 g/mol. The van der Waals surface area contributed by atoms with Crippen molar-refractivity contribution in [2.75, 3.05) is 31.6 Å². The first kappa shape index (κ1) is 26.2. The molecule has 6 rings (SSSR count). The molecule has 0 spiro atoms. The standard InChI is InChI=1S/C29H35N7O4/c1-29(2,3)40-26(37)17-34-11-7-21(8-12-34)36-16-20-13-24(25(14-23(20)33-36)39-18-19-5-6-19)32-28(38)22-15-31-35-10-4-9-30-27(22)35/h4,9-10,13-16,19,21H,5-8,11-12,17-18H2,1-3H3,(H,32,38). The Balaban J connectivity index is 1.18. The fourth-order valence-electron chi connectivity index (χ4n) is 5.04. The van der Waals surface area contributed by atoms with Gasteiger partial charge in [0.15, 0.2) is 5.65 Å². The maximum atomic E-state index is 13.2. The van der Waals surface area contributed by atoms with E-state index in [1.807, 2.05) is 43.8 Å². The number of nitrogens with zero attached hydrogens (tertiary/aromatic N) is 6. The zero-order valence-electron chi connectivity index (χ0n) is 23.2. The summed E-state index contributed by atoms with van der Waals surface area (Å²) in [6.45, 7) is 8.17. The van der Waals surface area contributed by atoms with Crippen molar-refractivity contribution < 1.29 is 19.1 Å². The molecule has 0 radical (unpaired) electrons. The van der Waals surface area contributed by atoms with Crippen LogP contribution in [0.15, 0.2) is 43.0 Å². The Morgan fingerprint density at radius 3 is 2.67 bits per heavy atom. The number of fused-ring (bicyclic) bond motifs is 2. The number of carbonyl (C=O) groups excluding carboxylic acids is 2. The van der Waals surface area contributed by atoms with Crippen LogP contribution in [0.4, 0.5) is 5.69 Å². The lowest BCUT2D eigenvalue weighted by Gasteiger charge is -2.32. The molecule has 11 heteroatoms. The third-order valence-corrected chi connectivity index (χ3v) is 7.27. The molecule has 40 heavy (non-hydrogen) atoms. The maximum Gasteiger partial charge on any atom is 0.320 e. The molecule has 4 aromatic rings. The number of piperidine rings is 1. The highest BCUT2D eigenvalue weighted by Gasteiger charge is 2.26. The number of carbonyl (C=O) groups is 2. The molecular weight excluding hydrogens is 510 g/mol. The zero-order chi connectivity index (χ0) is 27.9. The van der Waals surface area contributed by atoms with Crippen molar-refractivity contribution in [2.24, 2.45) is 5.92 Å². The molecule has 3 aromatic heterocycles. The Kier molecular flexibility index (Phi) is 6.91. The predicted molar refractivity (Wildman–Crippen MR) is 149 cm³/mol. The number of anilines is 1. The number of amides is 1. The van der Waals surface area contributed by atoms with E-state index in [2.05, 4.69) is 20.3 Å². The average Bonchev–Trinajstić information content (AvgIpc) is 3.49. The molecule has 0 bridgehead atoms. The smallest absolute Gasteiger partial charge is 0.320 e. The van der Waals surface area contributed by atoms with Crippen LogP contribution in [-0.4, -0.2) is 73.0 Å². The van der Waals surface area contributed by atoms with E-state index in [-0.39, 0.29) is 17.9 Å². The van der Waals surface area contributed by atoms with Gasteiger partial charge in [-0.3, -0.25) is 19.2 Å². The van der Waals surface area contributed by atoms with E-state index in [0.717, 1.165) is 36.8 Å². The molecule has 2 fully saturated rings. The second-order valence-corrected chi connectivity index (χ2v) is 11.8. The number of hydrogen-bond donors (Lipinski definition) is 1. The molecule has 0 atom stereocenters. The summed E-state index contributed by atoms with van der Waals surface area (Å²) in [5.41, 5.74) is 1.82. The van der Waals surface area contributed by atoms with Crippen molar-refractivity contribution in [2.45, 2.75) is 58.1 Å². The Morgan fingerprint density at radius 2 is 1.93 bits per heavy atom. The molecule has 4 heterocycles. The van der Waals surface area contributed by atoms with Crippen molar-refractivity contribution in [3.05, 3.63) is 48.5 Å². The van der Waals surface area contributed by atoms with E-state index in [4.69, 9.17) is 14.6 Å². The molecule has 1 saturated carbocycles. The van der Waals surface area contributed by atoms with Crippen LogP contribution in [0.5, 0.6) is 5.75 Å². The normalized spacial score (nSPS) is 16.9. The van der Waals surface area contributed by atoms with Gasteiger partial charge in [-0.2, -0.15) is 10.2 Å². The number of nitrogens with one attached hydrogen (secondary N) is 1. The summed E-state index contributed by atoms with van der Waals surface area (Å²) in [5, 5.41) is 13.1. The predicted octanol–water partition coefficient (Wildman–Crippen LogP) is 4.10. The van der Waals surface area contributed by atoms with E-state index in [1.54, 1.807) is 23.0 Å². The molecule has 1 aliphatic heterocycles. The van der Waals surface area contributed by atoms with Crippen LogP contribution in [0, 0.1) is 5.92 Å². The van der Waals surface area contributed by atoms with Gasteiger partial charge >= 0.3 is 5.97 Å². The number of benzene rings is 1. The van der Waals surface area contributed by atoms with Gasteiger partial charge in [-0.15, -0.1) is 0 Å². The summed E-state index contributed by atoms with van der Waals surface area (Å²) in [4.78, 5) is 31.9. The molecule has 1 N–H and O–H groups in total.